The molecule has 0 atom stereocenters. The highest BCUT2D eigenvalue weighted by molar-refractivity contribution is 9.10. The second-order valence-corrected chi connectivity index (χ2v) is 24.0. The highest BCUT2D eigenvalue weighted by atomic mass is 79.9. The maximum absolute atomic E-state index is 9.88. The maximum Gasteiger partial charge on any atom is 0.569 e. The van der Waals surface area contributed by atoms with Crippen molar-refractivity contribution in [1.82, 2.24) is 0 Å². The quantitative estimate of drug-likeness (QED) is 0.115. The van der Waals surface area contributed by atoms with E-state index in [2.05, 4.69) is 76.6 Å². The molecule has 0 aliphatic heterocycles. The van der Waals surface area contributed by atoms with E-state index < -0.39 is 0 Å². The normalized spacial score (nSPS) is 13.1. The van der Waals surface area contributed by atoms with Gasteiger partial charge in [0, 0.05) is 4.47 Å². The number of rotatable bonds is 9. The summed E-state index contributed by atoms with van der Waals surface area (Å²) in [5.41, 5.74) is 9.44. The molecule has 18 aromatic carbocycles. The molecule has 0 heterocycles. The Morgan fingerprint density at radius 1 is 0.268 bits per heavy atom. The lowest BCUT2D eigenvalue weighted by Crippen LogP contribution is -1.99. The summed E-state index contributed by atoms with van der Waals surface area (Å²) in [5, 5.41) is 19.2. The van der Waals surface area contributed by atoms with E-state index in [1.165, 1.54) is 16.3 Å². The van der Waals surface area contributed by atoms with Crippen molar-refractivity contribution in [3.63, 3.8) is 0 Å². The predicted molar refractivity (Wildman–Crippen MR) is 425 cm³/mol. The molecule has 0 unspecified atom stereocenters. The first-order valence-electron chi connectivity index (χ1n) is 38.4. The van der Waals surface area contributed by atoms with Crippen molar-refractivity contribution in [3.05, 3.63) is 368 Å². The second-order valence-electron chi connectivity index (χ2n) is 23.2. The van der Waals surface area contributed by atoms with Crippen molar-refractivity contribution in [2.45, 2.75) is 0 Å². The monoisotopic (exact) mass is 1320 g/mol. The maximum atomic E-state index is 9.88. The summed E-state index contributed by atoms with van der Waals surface area (Å²) in [5.74, 6) is 0.618. The fraction of sp³-hybridized carbons (Fsp3) is 0. The topological polar surface area (TPSA) is 29.5 Å². The summed E-state index contributed by atoms with van der Waals surface area (Å²) in [6.07, 6.45) is 0. The van der Waals surface area contributed by atoms with Gasteiger partial charge in [-0.3, -0.25) is 0 Å². The molecule has 0 aliphatic rings. The zero-order valence-corrected chi connectivity index (χ0v) is 53.0. The van der Waals surface area contributed by atoms with Crippen molar-refractivity contribution in [2.24, 2.45) is 0 Å². The van der Waals surface area contributed by atoms with Crippen LogP contribution in [0.5, 0.6) is 5.75 Å². The van der Waals surface area contributed by atoms with Gasteiger partial charge in [0.05, 0.1) is 19.2 Å². The number of hydrogen-bond acceptors (Lipinski definition) is 2. The van der Waals surface area contributed by atoms with E-state index in [9.17, 15) is 8.22 Å². The molecule has 0 bridgehead atoms. The van der Waals surface area contributed by atoms with Gasteiger partial charge in [0.25, 0.3) is 0 Å². The van der Waals surface area contributed by atoms with Crippen LogP contribution < -0.4 is 4.65 Å². The van der Waals surface area contributed by atoms with E-state index in [0.717, 1.165) is 49.0 Å². The molecule has 459 valence electrons. The molecule has 0 saturated heterocycles. The molecule has 1 radical (unpaired) electrons. The Morgan fingerprint density at radius 3 is 1.12 bits per heavy atom. The number of hydrogen-bond donors (Lipinski definition) is 1. The molecule has 0 amide bonds. The van der Waals surface area contributed by atoms with Gasteiger partial charge in [0.1, 0.15) is 5.75 Å². The summed E-state index contributed by atoms with van der Waals surface area (Å²) in [4.78, 5) is 0. The van der Waals surface area contributed by atoms with Crippen LogP contribution in [-0.2, 0) is 0 Å². The molecule has 18 rings (SSSR count). The Morgan fingerprint density at radius 2 is 0.619 bits per heavy atom. The average molecular weight is 1320 g/mol. The third-order valence-electron chi connectivity index (χ3n) is 17.6. The molecule has 0 spiro atoms. The van der Waals surface area contributed by atoms with E-state index in [4.69, 9.17) is 20.6 Å². The van der Waals surface area contributed by atoms with Crippen molar-refractivity contribution in [2.75, 3.05) is 0 Å². The highest BCUT2D eigenvalue weighted by Gasteiger charge is 2.21. The lowest BCUT2D eigenvalue weighted by molar-refractivity contribution is 0.454. The van der Waals surface area contributed by atoms with Crippen LogP contribution in [-0.4, -0.2) is 21.1 Å². The van der Waals surface area contributed by atoms with Gasteiger partial charge >= 0.3 is 7.69 Å². The molecule has 0 aromatic heterocycles. The molecule has 0 saturated carbocycles. The van der Waals surface area contributed by atoms with E-state index in [1.54, 1.807) is 12.1 Å². The van der Waals surface area contributed by atoms with Gasteiger partial charge in [-0.05, 0) is 216 Å². The summed E-state index contributed by atoms with van der Waals surface area (Å²) >= 11 is 3.55. The predicted octanol–water partition coefficient (Wildman–Crippen LogP) is 24.2. The summed E-state index contributed by atoms with van der Waals surface area (Å²) < 4.78 is 132. The van der Waals surface area contributed by atoms with Crippen LogP contribution in [0.15, 0.2) is 368 Å². The first kappa shape index (κ1) is 47.3. The molecule has 97 heavy (non-hydrogen) atoms. The van der Waals surface area contributed by atoms with Gasteiger partial charge in [-0.1, -0.05) is 336 Å². The third-order valence-corrected chi connectivity index (χ3v) is 18.4. The van der Waals surface area contributed by atoms with Crippen molar-refractivity contribution in [1.29, 1.82) is 0 Å². The highest BCUT2D eigenvalue weighted by Crippen LogP contribution is 2.48. The minimum absolute atomic E-state index is 0. The summed E-state index contributed by atoms with van der Waals surface area (Å²) in [7, 11) is 0.686. The van der Waals surface area contributed by atoms with Gasteiger partial charge in [0.15, 0.2) is 0 Å². The number of halogens is 1. The lowest BCUT2D eigenvalue weighted by Gasteiger charge is -2.20. The molecule has 1 N–H and O–H groups in total. The van der Waals surface area contributed by atoms with Crippen LogP contribution in [0.25, 0.3) is 164 Å². The molecular formula is C92H65B2BrO2-. The van der Waals surface area contributed by atoms with Crippen LogP contribution in [0, 0.1) is 0 Å². The van der Waals surface area contributed by atoms with Gasteiger partial charge in [-0.2, -0.15) is 0 Å². The minimum atomic E-state index is -0.385. The lowest BCUT2D eigenvalue weighted by atomic mass is 9.83. The van der Waals surface area contributed by atoms with Crippen LogP contribution >= 0.6 is 15.9 Å². The fourth-order valence-electron chi connectivity index (χ4n) is 13.0. The van der Waals surface area contributed by atoms with Crippen LogP contribution in [0.1, 0.15) is 19.2 Å². The Labute approximate surface area is 595 Å². The number of benzene rings is 18. The fourth-order valence-corrected chi connectivity index (χ4v) is 13.6. The van der Waals surface area contributed by atoms with Gasteiger partial charge in [-0.25, -0.2) is 0 Å². The Hall–Kier alpha value is -11.6. The molecule has 5 heteroatoms. The molecule has 2 nitrogen and oxygen atoms in total. The van der Waals surface area contributed by atoms with Crippen LogP contribution in [0.2, 0.25) is 0 Å². The SMILES string of the molecule is O[B]Oc1ccc(-c2ccc3ccccc3c2)cc1.[2H]c1c([2H])c([2H])c2c(-c3cccc4ccccc34)c3c([2H])c(-c4ccccc4)c([2H])c([2H])c3c(-c3ccc(-c4ccc5ccccc5c4)cc3)c2c1[2H].[2H]c1c([2H])c([2H])c2c(-c3cccc4ccccc34)c3c([2H])c(-c4ccccc4)c([2H])c([2H])c3c(Br)c2c1[2H].[BH4-]. The summed E-state index contributed by atoms with van der Waals surface area (Å²) in [6.45, 7) is 0. The Bertz CT molecular complexity index is 6780. The minimum Gasteiger partial charge on any atom is -0.537 e. The third kappa shape index (κ3) is 12.1. The largest absolute Gasteiger partial charge is 0.569 e. The summed E-state index contributed by atoms with van der Waals surface area (Å²) in [6, 6.07) is 87.1. The average Bonchev–Trinajstić information content (AvgIpc) is 0.702. The van der Waals surface area contributed by atoms with Crippen molar-refractivity contribution >= 4 is 118 Å². The zero-order valence-electron chi connectivity index (χ0n) is 65.4. The standard InChI is InChI=1S/C46H30.C30H19Br.C16H12BO2.BH4/c1-2-11-31(12-3-1)38-27-28-43-44(30-38)46(40-20-10-16-34-14-6-7-17-39(34)40)42-19-9-8-18-41(42)45(43)35-24-21-33(22-25-35)37-26-23-32-13-4-5-15-36(32)29-37;31-30-26-15-7-6-14-25(26)29(24-16-8-12-21-11-4-5-13-23(21)24)28-19-22(17-18-27(28)30)20-9-2-1-3-10-20;18-17-19-16-9-7-13(8-10-16)15-6-5-12-3-1-2-4-14(12)11-15;/h1-30H;1-19H;1-11,18H;1H4/q;;;-1/i8D,9D,18D,19D,27D,28D,30D;6D,7D,14D,15D,17D,18D,19D;;. The molecule has 18 aromatic rings. The number of fused-ring (bicyclic) bond motifs is 8. The zero-order chi connectivity index (χ0) is 76.5. The molecule has 0 fully saturated rings. The van der Waals surface area contributed by atoms with E-state index in [0.29, 0.717) is 85.2 Å². The first-order valence-corrected chi connectivity index (χ1v) is 32.2. The van der Waals surface area contributed by atoms with Gasteiger partial charge in [0.2, 0.25) is 0 Å². The second kappa shape index (κ2) is 27.4. The first-order chi connectivity index (χ1) is 53.3. The van der Waals surface area contributed by atoms with Crippen LogP contribution in [0.3, 0.4) is 0 Å². The van der Waals surface area contributed by atoms with Gasteiger partial charge < -0.3 is 9.68 Å². The molecular weight excluding hydrogens is 1240 g/mol. The van der Waals surface area contributed by atoms with E-state index >= 15 is 0 Å². The van der Waals surface area contributed by atoms with Crippen molar-refractivity contribution < 1.29 is 28.9 Å². The Kier molecular flexibility index (Phi) is 13.4. The Balaban J connectivity index is 0.000000146. The van der Waals surface area contributed by atoms with E-state index in [-0.39, 0.29) is 124 Å². The van der Waals surface area contributed by atoms with E-state index in [1.807, 2.05) is 206 Å². The molecule has 0 aliphatic carbocycles. The smallest absolute Gasteiger partial charge is 0.537 e. The van der Waals surface area contributed by atoms with Crippen molar-refractivity contribution in [3.8, 4) is 83.6 Å². The van der Waals surface area contributed by atoms with Crippen LogP contribution in [0.4, 0.5) is 0 Å². The van der Waals surface area contributed by atoms with Gasteiger partial charge in [-0.15, -0.1) is 0 Å².